The third kappa shape index (κ3) is 3.25. The first-order valence-electron chi connectivity index (χ1n) is 12.2. The second-order valence-electron chi connectivity index (χ2n) is 9.87. The molecule has 2 atom stereocenters. The van der Waals surface area contributed by atoms with Gasteiger partial charge in [-0.3, -0.25) is 0 Å². The molecule has 0 bridgehead atoms. The summed E-state index contributed by atoms with van der Waals surface area (Å²) in [5.41, 5.74) is 10.3. The molecule has 0 aliphatic heterocycles. The number of hydrogen-bond donors (Lipinski definition) is 0. The van der Waals surface area contributed by atoms with Crippen molar-refractivity contribution in [3.8, 4) is 11.1 Å². The van der Waals surface area contributed by atoms with Crippen molar-refractivity contribution in [1.82, 2.24) is 0 Å². The van der Waals surface area contributed by atoms with Crippen LogP contribution in [-0.4, -0.2) is 0 Å². The van der Waals surface area contributed by atoms with E-state index >= 15 is 4.39 Å². The van der Waals surface area contributed by atoms with Crippen molar-refractivity contribution in [2.75, 3.05) is 0 Å². The van der Waals surface area contributed by atoms with Gasteiger partial charge < -0.3 is 0 Å². The molecule has 2 aliphatic carbocycles. The molecule has 4 aromatic carbocycles. The third-order valence-corrected chi connectivity index (χ3v) is 8.06. The first-order valence-corrected chi connectivity index (χ1v) is 12.2. The van der Waals surface area contributed by atoms with E-state index in [2.05, 4.69) is 73.7 Å². The van der Waals surface area contributed by atoms with Gasteiger partial charge in [0.2, 0.25) is 0 Å². The molecule has 0 N–H and O–H groups in total. The molecule has 0 saturated carbocycles. The minimum atomic E-state index is -0.347. The number of benzene rings is 4. The molecule has 2 unspecified atom stereocenters. The molecule has 0 aromatic heterocycles. The molecule has 33 heavy (non-hydrogen) atoms. The van der Waals surface area contributed by atoms with Crippen LogP contribution in [0.5, 0.6) is 0 Å². The van der Waals surface area contributed by atoms with Crippen LogP contribution in [-0.2, 0) is 24.7 Å². The van der Waals surface area contributed by atoms with Crippen LogP contribution in [0.2, 0.25) is 0 Å². The molecule has 0 heterocycles. The van der Waals surface area contributed by atoms with Crippen LogP contribution >= 0.6 is 0 Å². The first-order chi connectivity index (χ1) is 16.2. The van der Waals surface area contributed by atoms with E-state index in [1.807, 2.05) is 18.2 Å². The van der Waals surface area contributed by atoms with Crippen LogP contribution in [0.1, 0.15) is 59.1 Å². The summed E-state index contributed by atoms with van der Waals surface area (Å²) in [5.74, 6) is 0.396. The summed E-state index contributed by atoms with van der Waals surface area (Å²) < 4.78 is 15.4. The van der Waals surface area contributed by atoms with Gasteiger partial charge in [0.15, 0.2) is 0 Å². The number of fused-ring (bicyclic) bond motifs is 5. The van der Waals surface area contributed by atoms with Crippen molar-refractivity contribution in [2.24, 2.45) is 0 Å². The molecule has 1 heteroatoms. The van der Waals surface area contributed by atoms with Crippen molar-refractivity contribution >= 4 is 0 Å². The molecular formula is C32H29F. The SMILES string of the molecule is CC1CCC(Cc2ccccc2)(c2ccccc2F)c2ccc3c(c21)CCc1ccccc1-3. The van der Waals surface area contributed by atoms with E-state index in [1.54, 1.807) is 6.07 Å². The average molecular weight is 433 g/mol. The van der Waals surface area contributed by atoms with Gasteiger partial charge in [-0.2, -0.15) is 0 Å². The minimum absolute atomic E-state index is 0.0861. The van der Waals surface area contributed by atoms with Crippen LogP contribution in [0.15, 0.2) is 91.0 Å². The summed E-state index contributed by atoms with van der Waals surface area (Å²) in [6.07, 6.45) is 5.01. The van der Waals surface area contributed by atoms with Gasteiger partial charge in [-0.25, -0.2) is 4.39 Å². The van der Waals surface area contributed by atoms with Crippen LogP contribution < -0.4 is 0 Å². The molecule has 0 radical (unpaired) electrons. The fourth-order valence-electron chi connectivity index (χ4n) is 6.52. The quantitative estimate of drug-likeness (QED) is 0.307. The van der Waals surface area contributed by atoms with Gasteiger partial charge in [0.05, 0.1) is 0 Å². The highest BCUT2D eigenvalue weighted by Crippen LogP contribution is 2.52. The van der Waals surface area contributed by atoms with E-state index in [1.165, 1.54) is 38.9 Å². The summed E-state index contributed by atoms with van der Waals surface area (Å²) in [5, 5.41) is 0. The van der Waals surface area contributed by atoms with Gasteiger partial charge in [-0.05, 0) is 88.6 Å². The van der Waals surface area contributed by atoms with Gasteiger partial charge in [-0.1, -0.05) is 91.9 Å². The fourth-order valence-corrected chi connectivity index (χ4v) is 6.52. The highest BCUT2D eigenvalue weighted by atomic mass is 19.1. The second kappa shape index (κ2) is 7.99. The summed E-state index contributed by atoms with van der Waals surface area (Å²) in [6.45, 7) is 2.37. The van der Waals surface area contributed by atoms with Crippen LogP contribution in [0.25, 0.3) is 11.1 Å². The van der Waals surface area contributed by atoms with Crippen LogP contribution in [0, 0.1) is 5.82 Å². The third-order valence-electron chi connectivity index (χ3n) is 8.06. The fraction of sp³-hybridized carbons (Fsp3) is 0.250. The molecular weight excluding hydrogens is 403 g/mol. The molecule has 164 valence electrons. The molecule has 0 spiro atoms. The van der Waals surface area contributed by atoms with Crippen molar-refractivity contribution in [1.29, 1.82) is 0 Å². The Morgan fingerprint density at radius 2 is 1.52 bits per heavy atom. The topological polar surface area (TPSA) is 0 Å². The summed E-state index contributed by atoms with van der Waals surface area (Å²) in [4.78, 5) is 0. The molecule has 6 rings (SSSR count). The molecule has 2 aliphatic rings. The van der Waals surface area contributed by atoms with Crippen molar-refractivity contribution in [2.45, 2.75) is 50.4 Å². The Morgan fingerprint density at radius 3 is 2.36 bits per heavy atom. The zero-order chi connectivity index (χ0) is 22.4. The summed E-state index contributed by atoms with van der Waals surface area (Å²) in [6, 6.07) is 31.6. The van der Waals surface area contributed by atoms with Crippen molar-refractivity contribution < 1.29 is 4.39 Å². The molecule has 0 saturated heterocycles. The van der Waals surface area contributed by atoms with Gasteiger partial charge in [0.1, 0.15) is 5.82 Å². The van der Waals surface area contributed by atoms with Gasteiger partial charge >= 0.3 is 0 Å². The van der Waals surface area contributed by atoms with E-state index in [0.717, 1.165) is 37.7 Å². The van der Waals surface area contributed by atoms with Crippen molar-refractivity contribution in [3.63, 3.8) is 0 Å². The minimum Gasteiger partial charge on any atom is -0.207 e. The monoisotopic (exact) mass is 432 g/mol. The van der Waals surface area contributed by atoms with Gasteiger partial charge in [0.25, 0.3) is 0 Å². The van der Waals surface area contributed by atoms with Gasteiger partial charge in [0, 0.05) is 5.41 Å². The smallest absolute Gasteiger partial charge is 0.127 e. The first kappa shape index (κ1) is 20.4. The zero-order valence-electron chi connectivity index (χ0n) is 19.2. The van der Waals surface area contributed by atoms with E-state index in [9.17, 15) is 0 Å². The highest BCUT2D eigenvalue weighted by molar-refractivity contribution is 5.76. The van der Waals surface area contributed by atoms with Gasteiger partial charge in [-0.15, -0.1) is 0 Å². The highest BCUT2D eigenvalue weighted by Gasteiger charge is 2.43. The lowest BCUT2D eigenvalue weighted by atomic mass is 9.59. The van der Waals surface area contributed by atoms with E-state index in [-0.39, 0.29) is 11.2 Å². The zero-order valence-corrected chi connectivity index (χ0v) is 19.2. The maximum atomic E-state index is 15.4. The summed E-state index contributed by atoms with van der Waals surface area (Å²) >= 11 is 0. The van der Waals surface area contributed by atoms with E-state index < -0.39 is 0 Å². The number of rotatable bonds is 3. The molecule has 0 amide bonds. The summed E-state index contributed by atoms with van der Waals surface area (Å²) in [7, 11) is 0. The van der Waals surface area contributed by atoms with E-state index in [4.69, 9.17) is 0 Å². The Hall–Kier alpha value is -3.19. The van der Waals surface area contributed by atoms with E-state index in [0.29, 0.717) is 5.92 Å². The molecule has 4 aromatic rings. The average Bonchev–Trinajstić information content (AvgIpc) is 2.86. The maximum Gasteiger partial charge on any atom is 0.127 e. The Labute approximate surface area is 196 Å². The lowest BCUT2D eigenvalue weighted by Gasteiger charge is -2.44. The number of halogens is 1. The standard InChI is InChI=1S/C32H29F/c1-22-19-20-32(21-23-9-3-2-4-10-23,28-13-7-8-14-30(28)33)29-18-17-26-25-12-6-5-11-24(25)15-16-27(26)31(22)29/h2-14,17-18,22H,15-16,19-21H2,1H3. The molecule has 0 fully saturated rings. The van der Waals surface area contributed by atoms with Crippen LogP contribution in [0.4, 0.5) is 4.39 Å². The number of aryl methyl sites for hydroxylation is 1. The lowest BCUT2D eigenvalue weighted by molar-refractivity contribution is 0.381. The Kier molecular flexibility index (Phi) is 4.94. The Balaban J connectivity index is 1.61. The maximum absolute atomic E-state index is 15.4. The Bertz CT molecular complexity index is 1320. The number of hydrogen-bond acceptors (Lipinski definition) is 0. The normalized spacial score (nSPS) is 21.1. The predicted octanol–water partition coefficient (Wildman–Crippen LogP) is 8.02. The van der Waals surface area contributed by atoms with Crippen molar-refractivity contribution in [3.05, 3.63) is 130 Å². The lowest BCUT2D eigenvalue weighted by Crippen LogP contribution is -2.37. The predicted molar refractivity (Wildman–Crippen MR) is 134 cm³/mol. The Morgan fingerprint density at radius 1 is 0.758 bits per heavy atom. The largest absolute Gasteiger partial charge is 0.207 e. The second-order valence-corrected chi connectivity index (χ2v) is 9.87. The van der Waals surface area contributed by atoms with Crippen LogP contribution in [0.3, 0.4) is 0 Å². The molecule has 0 nitrogen and oxygen atoms in total.